The molecule has 0 aliphatic carbocycles. The molecule has 0 aromatic heterocycles. The van der Waals surface area contributed by atoms with Crippen LogP contribution in [0.4, 0.5) is 13.2 Å². The number of carbonyl (C=O) groups is 1. The zero-order valence-electron chi connectivity index (χ0n) is 9.74. The van der Waals surface area contributed by atoms with E-state index in [0.29, 0.717) is 0 Å². The summed E-state index contributed by atoms with van der Waals surface area (Å²) in [5.41, 5.74) is -5.78. The fraction of sp³-hybridized carbons (Fsp3) is 0.300. The Morgan fingerprint density at radius 3 is 2.16 bits per heavy atom. The molecule has 0 aliphatic rings. The van der Waals surface area contributed by atoms with Gasteiger partial charge in [-0.2, -0.15) is 21.6 Å². The van der Waals surface area contributed by atoms with Crippen molar-refractivity contribution in [1.29, 1.82) is 0 Å². The quantitative estimate of drug-likeness (QED) is 0.611. The Labute approximate surface area is 106 Å². The van der Waals surface area contributed by atoms with E-state index in [0.717, 1.165) is 12.1 Å². The molecule has 0 aliphatic heterocycles. The number of hydrogen-bond acceptors (Lipinski definition) is 5. The van der Waals surface area contributed by atoms with Crippen molar-refractivity contribution >= 4 is 16.1 Å². The van der Waals surface area contributed by atoms with Crippen LogP contribution in [0.15, 0.2) is 12.1 Å². The molecule has 1 aromatic rings. The van der Waals surface area contributed by atoms with Crippen LogP contribution in [0.25, 0.3) is 0 Å². The third-order valence-corrected chi connectivity index (χ3v) is 3.41. The third-order valence-electron chi connectivity index (χ3n) is 2.44. The maximum atomic E-state index is 12.1. The van der Waals surface area contributed by atoms with E-state index in [1.807, 2.05) is 0 Å². The molecule has 1 rings (SSSR count). The Bertz CT molecular complexity index is 619. The van der Waals surface area contributed by atoms with Gasteiger partial charge >= 0.3 is 15.6 Å². The first-order valence-electron chi connectivity index (χ1n) is 4.79. The van der Waals surface area contributed by atoms with Crippen LogP contribution in [-0.2, 0) is 10.1 Å². The molecule has 0 N–H and O–H groups in total. The number of aromatic carboxylic acids is 1. The van der Waals surface area contributed by atoms with Crippen molar-refractivity contribution in [3.05, 3.63) is 28.8 Å². The molecule has 106 valence electrons. The molecular formula is C10H8F3O5S-. The highest BCUT2D eigenvalue weighted by molar-refractivity contribution is 7.88. The van der Waals surface area contributed by atoms with Gasteiger partial charge in [0.05, 0.1) is 5.97 Å². The van der Waals surface area contributed by atoms with E-state index in [4.69, 9.17) is 0 Å². The van der Waals surface area contributed by atoms with Crippen molar-refractivity contribution in [2.75, 3.05) is 0 Å². The maximum absolute atomic E-state index is 12.1. The predicted octanol–water partition coefficient (Wildman–Crippen LogP) is 0.895. The van der Waals surface area contributed by atoms with Gasteiger partial charge in [0.2, 0.25) is 0 Å². The highest BCUT2D eigenvalue weighted by Gasteiger charge is 2.48. The van der Waals surface area contributed by atoms with E-state index in [1.165, 1.54) is 13.8 Å². The average Bonchev–Trinajstić information content (AvgIpc) is 2.22. The minimum atomic E-state index is -5.79. The third kappa shape index (κ3) is 2.98. The number of carbonyl (C=O) groups excluding carboxylic acids is 1. The molecule has 0 saturated heterocycles. The summed E-state index contributed by atoms with van der Waals surface area (Å²) in [5.74, 6) is -2.11. The zero-order chi connectivity index (χ0) is 15.0. The lowest BCUT2D eigenvalue weighted by Crippen LogP contribution is -2.28. The van der Waals surface area contributed by atoms with Gasteiger partial charge in [0.25, 0.3) is 0 Å². The van der Waals surface area contributed by atoms with Gasteiger partial charge in [0, 0.05) is 5.56 Å². The van der Waals surface area contributed by atoms with Crippen molar-refractivity contribution in [1.82, 2.24) is 0 Å². The van der Waals surface area contributed by atoms with Gasteiger partial charge < -0.3 is 14.1 Å². The normalized spacial score (nSPS) is 12.3. The molecule has 0 unspecified atom stereocenters. The molecule has 0 radical (unpaired) electrons. The van der Waals surface area contributed by atoms with E-state index >= 15 is 0 Å². The van der Waals surface area contributed by atoms with Crippen LogP contribution in [0.3, 0.4) is 0 Å². The monoisotopic (exact) mass is 297 g/mol. The van der Waals surface area contributed by atoms with Gasteiger partial charge in [0.15, 0.2) is 0 Å². The van der Waals surface area contributed by atoms with E-state index in [-0.39, 0.29) is 16.7 Å². The largest absolute Gasteiger partial charge is 0.545 e. The van der Waals surface area contributed by atoms with Crippen molar-refractivity contribution in [3.63, 3.8) is 0 Å². The van der Waals surface area contributed by atoms with E-state index in [2.05, 4.69) is 4.18 Å². The van der Waals surface area contributed by atoms with Gasteiger partial charge in [0.1, 0.15) is 5.75 Å². The second kappa shape index (κ2) is 4.72. The van der Waals surface area contributed by atoms with Gasteiger partial charge in [-0.1, -0.05) is 0 Å². The van der Waals surface area contributed by atoms with Gasteiger partial charge in [-0.05, 0) is 37.1 Å². The van der Waals surface area contributed by atoms with Crippen LogP contribution in [0.1, 0.15) is 21.5 Å². The van der Waals surface area contributed by atoms with Crippen LogP contribution in [-0.4, -0.2) is 19.9 Å². The first-order chi connectivity index (χ1) is 8.47. The smallest absolute Gasteiger partial charge is 0.534 e. The molecule has 0 spiro atoms. The highest BCUT2D eigenvalue weighted by Crippen LogP contribution is 2.30. The molecular weight excluding hydrogens is 289 g/mol. The molecule has 19 heavy (non-hydrogen) atoms. The fourth-order valence-corrected chi connectivity index (χ4v) is 1.78. The Morgan fingerprint density at radius 1 is 1.21 bits per heavy atom. The summed E-state index contributed by atoms with van der Waals surface area (Å²) < 4.78 is 62.0. The number of benzene rings is 1. The molecule has 0 heterocycles. The topological polar surface area (TPSA) is 83.5 Å². The van der Waals surface area contributed by atoms with E-state index in [9.17, 15) is 31.5 Å². The predicted molar refractivity (Wildman–Crippen MR) is 55.8 cm³/mol. The number of hydrogen-bond donors (Lipinski definition) is 0. The second-order valence-electron chi connectivity index (χ2n) is 3.63. The Balaban J connectivity index is 3.27. The number of rotatable bonds is 3. The number of alkyl halides is 3. The number of carboxylic acid groups (broad SMARTS) is 1. The van der Waals surface area contributed by atoms with Crippen LogP contribution < -0.4 is 9.29 Å². The zero-order valence-corrected chi connectivity index (χ0v) is 10.6. The lowest BCUT2D eigenvalue weighted by Gasteiger charge is -2.15. The van der Waals surface area contributed by atoms with Crippen molar-refractivity contribution in [2.24, 2.45) is 0 Å². The summed E-state index contributed by atoms with van der Waals surface area (Å²) in [6, 6.07) is 1.75. The minimum Gasteiger partial charge on any atom is -0.545 e. The SMILES string of the molecule is Cc1c(OS(=O)(=O)C(F)(F)F)ccc(C(=O)[O-])c1C. The lowest BCUT2D eigenvalue weighted by molar-refractivity contribution is -0.255. The number of carboxylic acids is 1. The van der Waals surface area contributed by atoms with Crippen LogP contribution in [0.5, 0.6) is 5.75 Å². The van der Waals surface area contributed by atoms with Crippen LogP contribution in [0, 0.1) is 13.8 Å². The van der Waals surface area contributed by atoms with E-state index < -0.39 is 27.3 Å². The summed E-state index contributed by atoms with van der Waals surface area (Å²) in [4.78, 5) is 10.7. The van der Waals surface area contributed by atoms with E-state index in [1.54, 1.807) is 0 Å². The van der Waals surface area contributed by atoms with Gasteiger partial charge in [-0.15, -0.1) is 0 Å². The van der Waals surface area contributed by atoms with Gasteiger partial charge in [-0.3, -0.25) is 0 Å². The first kappa shape index (κ1) is 15.3. The molecule has 0 saturated carbocycles. The molecule has 1 aromatic carbocycles. The average molecular weight is 297 g/mol. The Kier molecular flexibility index (Phi) is 3.80. The molecule has 0 bridgehead atoms. The summed E-state index contributed by atoms with van der Waals surface area (Å²) in [6.45, 7) is 2.54. The maximum Gasteiger partial charge on any atom is 0.534 e. The molecule has 0 amide bonds. The van der Waals surface area contributed by atoms with Crippen LogP contribution >= 0.6 is 0 Å². The summed E-state index contributed by atoms with van der Waals surface area (Å²) in [7, 11) is -5.79. The lowest BCUT2D eigenvalue weighted by atomic mass is 10.0. The molecule has 0 atom stereocenters. The van der Waals surface area contributed by atoms with Crippen molar-refractivity contribution < 1.29 is 35.7 Å². The Morgan fingerprint density at radius 2 is 1.74 bits per heavy atom. The summed E-state index contributed by atoms with van der Waals surface area (Å²) in [6.07, 6.45) is 0. The standard InChI is InChI=1S/C10H9F3O5S/c1-5-6(2)8(4-3-7(5)9(14)15)18-19(16,17)10(11,12)13/h3-4H,1-2H3,(H,14,15)/p-1. The van der Waals surface area contributed by atoms with Crippen molar-refractivity contribution in [2.45, 2.75) is 19.4 Å². The highest BCUT2D eigenvalue weighted by atomic mass is 32.2. The Hall–Kier alpha value is -1.77. The molecule has 0 fully saturated rings. The molecule has 5 nitrogen and oxygen atoms in total. The number of halogens is 3. The molecule has 9 heteroatoms. The second-order valence-corrected chi connectivity index (χ2v) is 5.17. The van der Waals surface area contributed by atoms with Crippen LogP contribution in [0.2, 0.25) is 0 Å². The summed E-state index contributed by atoms with van der Waals surface area (Å²) >= 11 is 0. The fourth-order valence-electron chi connectivity index (χ4n) is 1.27. The first-order valence-corrected chi connectivity index (χ1v) is 6.20. The van der Waals surface area contributed by atoms with Gasteiger partial charge in [-0.25, -0.2) is 0 Å². The minimum absolute atomic E-state index is 0.0328. The van der Waals surface area contributed by atoms with Crippen molar-refractivity contribution in [3.8, 4) is 5.75 Å². The summed E-state index contributed by atoms with van der Waals surface area (Å²) in [5, 5.41) is 10.7.